The molecule has 3 N–H and O–H groups in total. The summed E-state index contributed by atoms with van der Waals surface area (Å²) in [4.78, 5) is 13.7. The molecule has 29 heavy (non-hydrogen) atoms. The third-order valence-corrected chi connectivity index (χ3v) is 7.10. The fourth-order valence-electron chi connectivity index (χ4n) is 3.58. The van der Waals surface area contributed by atoms with Gasteiger partial charge in [-0.15, -0.1) is 11.8 Å². The van der Waals surface area contributed by atoms with Crippen molar-refractivity contribution in [3.05, 3.63) is 38.7 Å². The van der Waals surface area contributed by atoms with E-state index in [1.807, 2.05) is 16.3 Å². The third kappa shape index (κ3) is 4.51. The van der Waals surface area contributed by atoms with E-state index in [0.29, 0.717) is 30.2 Å². The molecule has 1 aromatic carbocycles. The number of imidazole rings is 1. The Morgan fingerprint density at radius 2 is 2.14 bits per heavy atom. The molecule has 1 aliphatic rings. The molecule has 0 aliphatic carbocycles. The first-order valence-electron chi connectivity index (χ1n) is 9.78. The van der Waals surface area contributed by atoms with Crippen LogP contribution in [0.2, 0.25) is 0 Å². The number of nitrogens with zero attached hydrogens (tertiary/aromatic N) is 4. The Bertz CT molecular complexity index is 1050. The van der Waals surface area contributed by atoms with Gasteiger partial charge in [0.15, 0.2) is 17.0 Å². The van der Waals surface area contributed by atoms with E-state index in [2.05, 4.69) is 63.9 Å². The van der Waals surface area contributed by atoms with Gasteiger partial charge in [0.2, 0.25) is 0 Å². The highest BCUT2D eigenvalue weighted by atomic mass is 127. The number of thioether (sulfide) groups is 1. The van der Waals surface area contributed by atoms with Crippen LogP contribution in [0.25, 0.3) is 11.2 Å². The molecule has 4 rings (SSSR count). The molecule has 9 heteroatoms. The molecule has 1 aliphatic heterocycles. The zero-order valence-corrected chi connectivity index (χ0v) is 19.5. The Morgan fingerprint density at radius 1 is 1.31 bits per heavy atom. The lowest BCUT2D eigenvalue weighted by Gasteiger charge is -2.12. The summed E-state index contributed by atoms with van der Waals surface area (Å²) in [6.07, 6.45) is 1.86. The largest absolute Gasteiger partial charge is 0.382 e. The molecule has 0 unspecified atom stereocenters. The first-order chi connectivity index (χ1) is 13.9. The van der Waals surface area contributed by atoms with E-state index in [-0.39, 0.29) is 5.82 Å². The van der Waals surface area contributed by atoms with Crippen molar-refractivity contribution in [2.45, 2.75) is 50.6 Å². The number of rotatable bonds is 7. The van der Waals surface area contributed by atoms with Crippen LogP contribution >= 0.6 is 34.4 Å². The van der Waals surface area contributed by atoms with Crippen LogP contribution in [-0.4, -0.2) is 37.9 Å². The van der Waals surface area contributed by atoms with Crippen molar-refractivity contribution in [1.82, 2.24) is 24.8 Å². The minimum absolute atomic E-state index is 0.0898. The van der Waals surface area contributed by atoms with Crippen molar-refractivity contribution >= 4 is 51.3 Å². The van der Waals surface area contributed by atoms with Crippen LogP contribution in [0.1, 0.15) is 37.2 Å². The summed E-state index contributed by atoms with van der Waals surface area (Å²) in [5.41, 5.74) is 9.54. The van der Waals surface area contributed by atoms with Crippen molar-refractivity contribution in [2.24, 2.45) is 0 Å². The fourth-order valence-corrected chi connectivity index (χ4v) is 5.42. The highest BCUT2D eigenvalue weighted by molar-refractivity contribution is 14.1. The highest BCUT2D eigenvalue weighted by Crippen LogP contribution is 2.35. The van der Waals surface area contributed by atoms with Gasteiger partial charge in [0, 0.05) is 33.2 Å². The van der Waals surface area contributed by atoms with E-state index in [4.69, 9.17) is 10.7 Å². The molecule has 2 aromatic heterocycles. The fraction of sp³-hybridized carbons (Fsp3) is 0.450. The SMILES string of the molecule is CC(C)NCCCn1c(Cc2cc3c(cc2I)CCS3)nc2c(N)nc(F)nc21. The molecule has 3 aromatic rings. The summed E-state index contributed by atoms with van der Waals surface area (Å²) in [7, 11) is 0. The molecule has 6 nitrogen and oxygen atoms in total. The van der Waals surface area contributed by atoms with Gasteiger partial charge in [0.05, 0.1) is 0 Å². The Morgan fingerprint density at radius 3 is 2.93 bits per heavy atom. The van der Waals surface area contributed by atoms with Gasteiger partial charge in [-0.2, -0.15) is 14.4 Å². The molecule has 154 valence electrons. The number of nitrogens with one attached hydrogen (secondary N) is 1. The zero-order valence-electron chi connectivity index (χ0n) is 16.5. The topological polar surface area (TPSA) is 81.7 Å². The molecule has 0 atom stereocenters. The van der Waals surface area contributed by atoms with Gasteiger partial charge >= 0.3 is 6.08 Å². The van der Waals surface area contributed by atoms with Gasteiger partial charge < -0.3 is 15.6 Å². The lowest BCUT2D eigenvalue weighted by Crippen LogP contribution is -2.24. The van der Waals surface area contributed by atoms with Gasteiger partial charge in [-0.1, -0.05) is 13.8 Å². The van der Waals surface area contributed by atoms with Gasteiger partial charge in [-0.25, -0.2) is 4.98 Å². The second-order valence-corrected chi connectivity index (χ2v) is 9.82. The number of benzene rings is 1. The van der Waals surface area contributed by atoms with Crippen LogP contribution in [0.5, 0.6) is 0 Å². The number of aryl methyl sites for hydroxylation is 2. The van der Waals surface area contributed by atoms with Crippen molar-refractivity contribution in [2.75, 3.05) is 18.0 Å². The normalized spacial score (nSPS) is 13.6. The summed E-state index contributed by atoms with van der Waals surface area (Å²) >= 11 is 4.30. The van der Waals surface area contributed by atoms with Gasteiger partial charge in [-0.05, 0) is 65.2 Å². The smallest absolute Gasteiger partial charge is 0.312 e. The molecule has 0 saturated carbocycles. The van der Waals surface area contributed by atoms with E-state index in [1.165, 1.54) is 19.6 Å². The highest BCUT2D eigenvalue weighted by Gasteiger charge is 2.20. The number of hydrogen-bond acceptors (Lipinski definition) is 6. The third-order valence-electron chi connectivity index (χ3n) is 4.99. The maximum Gasteiger partial charge on any atom is 0.312 e. The van der Waals surface area contributed by atoms with E-state index in [9.17, 15) is 4.39 Å². The van der Waals surface area contributed by atoms with Crippen LogP contribution in [0.3, 0.4) is 0 Å². The number of nitrogens with two attached hydrogens (primary N) is 1. The monoisotopic (exact) mass is 526 g/mol. The van der Waals surface area contributed by atoms with Crippen molar-refractivity contribution in [3.63, 3.8) is 0 Å². The Hall–Kier alpha value is -1.46. The Balaban J connectivity index is 1.69. The van der Waals surface area contributed by atoms with Crippen LogP contribution in [-0.2, 0) is 19.4 Å². The van der Waals surface area contributed by atoms with Gasteiger partial charge in [-0.3, -0.25) is 0 Å². The molecule has 0 spiro atoms. The molecule has 0 fully saturated rings. The second kappa shape index (κ2) is 8.73. The summed E-state index contributed by atoms with van der Waals surface area (Å²) in [6, 6.07) is 4.97. The zero-order chi connectivity index (χ0) is 20.5. The van der Waals surface area contributed by atoms with Crippen LogP contribution in [0, 0.1) is 9.65 Å². The summed E-state index contributed by atoms with van der Waals surface area (Å²) in [6.45, 7) is 5.80. The molecular formula is C20H24FIN6S. The second-order valence-electron chi connectivity index (χ2n) is 7.52. The van der Waals surface area contributed by atoms with Gasteiger partial charge in [0.25, 0.3) is 0 Å². The van der Waals surface area contributed by atoms with Crippen LogP contribution < -0.4 is 11.1 Å². The predicted octanol–water partition coefficient (Wildman–Crippen LogP) is 3.78. The number of fused-ring (bicyclic) bond motifs is 2. The lowest BCUT2D eigenvalue weighted by atomic mass is 10.1. The Labute approximate surface area is 187 Å². The van der Waals surface area contributed by atoms with Crippen molar-refractivity contribution in [1.29, 1.82) is 0 Å². The summed E-state index contributed by atoms with van der Waals surface area (Å²) in [5, 5.41) is 3.42. The van der Waals surface area contributed by atoms with Gasteiger partial charge in [0.1, 0.15) is 5.82 Å². The first-order valence-corrected chi connectivity index (χ1v) is 11.8. The standard InChI is InChI=1S/C20H24FIN6S/c1-11(2)24-5-3-6-28-16(25-17-18(23)26-20(21)27-19(17)28)10-13-9-15-12(4-7-29-15)8-14(13)22/h8-9,11,24H,3-7,10H2,1-2H3,(H2,23,26,27). The molecule has 0 radical (unpaired) electrons. The number of halogens is 2. The van der Waals surface area contributed by atoms with Crippen LogP contribution in [0.4, 0.5) is 10.2 Å². The van der Waals surface area contributed by atoms with E-state index < -0.39 is 6.08 Å². The van der Waals surface area contributed by atoms with Crippen molar-refractivity contribution < 1.29 is 4.39 Å². The molecule has 0 amide bonds. The number of anilines is 1. The number of nitrogen functional groups attached to an aromatic ring is 1. The van der Waals surface area contributed by atoms with E-state index in [0.717, 1.165) is 31.0 Å². The number of hydrogen-bond donors (Lipinski definition) is 2. The quantitative estimate of drug-likeness (QED) is 0.277. The molecule has 3 heterocycles. The Kier molecular flexibility index (Phi) is 6.26. The predicted molar refractivity (Wildman–Crippen MR) is 124 cm³/mol. The molecule has 0 bridgehead atoms. The van der Waals surface area contributed by atoms with Crippen molar-refractivity contribution in [3.8, 4) is 0 Å². The maximum absolute atomic E-state index is 13.9. The number of aromatic nitrogens is 4. The minimum atomic E-state index is -0.813. The van der Waals surface area contributed by atoms with Crippen LogP contribution in [0.15, 0.2) is 17.0 Å². The summed E-state index contributed by atoms with van der Waals surface area (Å²) in [5.74, 6) is 2.07. The molecular weight excluding hydrogens is 502 g/mol. The average Bonchev–Trinajstić information content (AvgIpc) is 3.23. The first kappa shape index (κ1) is 20.8. The lowest BCUT2D eigenvalue weighted by molar-refractivity contribution is 0.525. The van der Waals surface area contributed by atoms with E-state index >= 15 is 0 Å². The average molecular weight is 526 g/mol. The maximum atomic E-state index is 13.9. The van der Waals surface area contributed by atoms with E-state index in [1.54, 1.807) is 0 Å². The molecule has 0 saturated heterocycles. The summed E-state index contributed by atoms with van der Waals surface area (Å²) < 4.78 is 17.1. The minimum Gasteiger partial charge on any atom is -0.382 e.